The third kappa shape index (κ3) is 2.88. The molecule has 0 spiro atoms. The molecule has 3 nitrogen and oxygen atoms in total. The lowest BCUT2D eigenvalue weighted by Crippen LogP contribution is -2.45. The Kier molecular flexibility index (Phi) is 3.79. The van der Waals surface area contributed by atoms with Crippen LogP contribution in [-0.2, 0) is 4.79 Å². The van der Waals surface area contributed by atoms with Crippen molar-refractivity contribution in [2.24, 2.45) is 0 Å². The lowest BCUT2D eigenvalue weighted by atomic mass is 9.81. The van der Waals surface area contributed by atoms with Gasteiger partial charge in [0.25, 0.3) is 0 Å². The fourth-order valence-corrected chi connectivity index (χ4v) is 3.11. The van der Waals surface area contributed by atoms with E-state index in [0.29, 0.717) is 18.0 Å². The summed E-state index contributed by atoms with van der Waals surface area (Å²) in [5, 5.41) is 6.59. The van der Waals surface area contributed by atoms with E-state index in [9.17, 15) is 4.79 Å². The number of carbonyl (C=O) groups excluding carboxylic acids is 1. The maximum Gasteiger partial charge on any atom is 0.237 e. The predicted octanol–water partition coefficient (Wildman–Crippen LogP) is 2.88. The molecular weight excluding hydrogens is 248 g/mol. The Bertz CT molecular complexity index is 496. The number of hydrogen-bond acceptors (Lipinski definition) is 2. The molecule has 0 aliphatic heterocycles. The molecular formula is C17H24N2O. The molecule has 0 saturated heterocycles. The fraction of sp³-hybridized carbons (Fsp3) is 0.588. The summed E-state index contributed by atoms with van der Waals surface area (Å²) in [5.41, 5.74) is 2.81. The van der Waals surface area contributed by atoms with Gasteiger partial charge in [-0.2, -0.15) is 0 Å². The Balaban J connectivity index is 1.68. The normalized spacial score (nSPS) is 26.7. The molecule has 1 aromatic carbocycles. The van der Waals surface area contributed by atoms with Crippen molar-refractivity contribution in [1.82, 2.24) is 10.6 Å². The second kappa shape index (κ2) is 5.57. The molecule has 0 heterocycles. The van der Waals surface area contributed by atoms with Crippen molar-refractivity contribution in [3.8, 4) is 0 Å². The average Bonchev–Trinajstić information content (AvgIpc) is 3.26. The van der Waals surface area contributed by atoms with Crippen LogP contribution in [0.3, 0.4) is 0 Å². The standard InChI is InChI=1S/C17H24N2O/c1-11-7-10-16(15-6-4-3-5-14(11)15)18-12(2)17(20)19-13-8-9-13/h3-6,11-13,16,18H,7-10H2,1-2H3,(H,19,20). The third-order valence-corrected chi connectivity index (χ3v) is 4.56. The zero-order valence-electron chi connectivity index (χ0n) is 12.4. The SMILES string of the molecule is CC(NC1CCC(C)c2ccccc21)C(=O)NC1CC1. The first-order valence-corrected chi connectivity index (χ1v) is 7.80. The number of rotatable bonds is 4. The molecule has 1 amide bonds. The van der Waals surface area contributed by atoms with Crippen LogP contribution in [0.1, 0.15) is 62.6 Å². The quantitative estimate of drug-likeness (QED) is 0.885. The molecule has 3 heteroatoms. The molecule has 3 atom stereocenters. The van der Waals surface area contributed by atoms with Gasteiger partial charge in [0, 0.05) is 12.1 Å². The van der Waals surface area contributed by atoms with E-state index in [1.165, 1.54) is 17.5 Å². The Hall–Kier alpha value is -1.35. The van der Waals surface area contributed by atoms with Crippen LogP contribution in [0.4, 0.5) is 0 Å². The van der Waals surface area contributed by atoms with Crippen molar-refractivity contribution in [3.05, 3.63) is 35.4 Å². The van der Waals surface area contributed by atoms with Gasteiger partial charge in [0.2, 0.25) is 5.91 Å². The summed E-state index contributed by atoms with van der Waals surface area (Å²) in [5.74, 6) is 0.767. The Morgan fingerprint density at radius 2 is 1.85 bits per heavy atom. The van der Waals surface area contributed by atoms with Gasteiger partial charge in [0.15, 0.2) is 0 Å². The van der Waals surface area contributed by atoms with Crippen LogP contribution in [0.25, 0.3) is 0 Å². The first kappa shape index (κ1) is 13.6. The highest BCUT2D eigenvalue weighted by atomic mass is 16.2. The molecule has 20 heavy (non-hydrogen) atoms. The number of benzene rings is 1. The number of hydrogen-bond donors (Lipinski definition) is 2. The topological polar surface area (TPSA) is 41.1 Å². The maximum absolute atomic E-state index is 12.1. The largest absolute Gasteiger partial charge is 0.352 e. The van der Waals surface area contributed by atoms with Gasteiger partial charge in [-0.3, -0.25) is 10.1 Å². The Labute approximate surface area is 121 Å². The Morgan fingerprint density at radius 3 is 2.55 bits per heavy atom. The summed E-state index contributed by atoms with van der Waals surface area (Å²) >= 11 is 0. The summed E-state index contributed by atoms with van der Waals surface area (Å²) in [6, 6.07) is 9.26. The molecule has 0 radical (unpaired) electrons. The molecule has 1 saturated carbocycles. The maximum atomic E-state index is 12.1. The van der Waals surface area contributed by atoms with E-state index in [2.05, 4.69) is 41.8 Å². The van der Waals surface area contributed by atoms with E-state index < -0.39 is 0 Å². The molecule has 2 N–H and O–H groups in total. The van der Waals surface area contributed by atoms with Crippen molar-refractivity contribution in [2.45, 2.75) is 63.6 Å². The van der Waals surface area contributed by atoms with E-state index in [0.717, 1.165) is 19.3 Å². The zero-order valence-corrected chi connectivity index (χ0v) is 12.4. The van der Waals surface area contributed by atoms with E-state index in [1.54, 1.807) is 0 Å². The molecule has 1 aromatic rings. The summed E-state index contributed by atoms with van der Waals surface area (Å²) in [6.07, 6.45) is 4.58. The molecule has 2 aliphatic carbocycles. The average molecular weight is 272 g/mol. The minimum absolute atomic E-state index is 0.123. The Morgan fingerprint density at radius 1 is 1.15 bits per heavy atom. The van der Waals surface area contributed by atoms with Crippen LogP contribution in [-0.4, -0.2) is 18.0 Å². The highest BCUT2D eigenvalue weighted by Crippen LogP contribution is 2.37. The smallest absolute Gasteiger partial charge is 0.237 e. The first-order chi connectivity index (χ1) is 9.65. The van der Waals surface area contributed by atoms with Gasteiger partial charge in [-0.15, -0.1) is 0 Å². The van der Waals surface area contributed by atoms with Crippen molar-refractivity contribution in [1.29, 1.82) is 0 Å². The zero-order chi connectivity index (χ0) is 14.1. The number of carbonyl (C=O) groups is 1. The van der Waals surface area contributed by atoms with Crippen molar-refractivity contribution < 1.29 is 4.79 Å². The van der Waals surface area contributed by atoms with Crippen LogP contribution in [0.15, 0.2) is 24.3 Å². The summed E-state index contributed by atoms with van der Waals surface area (Å²) in [6.45, 7) is 4.26. The number of nitrogens with one attached hydrogen (secondary N) is 2. The van der Waals surface area contributed by atoms with E-state index in [-0.39, 0.29) is 11.9 Å². The van der Waals surface area contributed by atoms with Gasteiger partial charge in [-0.05, 0) is 49.7 Å². The monoisotopic (exact) mass is 272 g/mol. The summed E-state index contributed by atoms with van der Waals surface area (Å²) < 4.78 is 0. The van der Waals surface area contributed by atoms with Crippen molar-refractivity contribution in [3.63, 3.8) is 0 Å². The molecule has 0 aromatic heterocycles. The summed E-state index contributed by atoms with van der Waals surface area (Å²) in [7, 11) is 0. The lowest BCUT2D eigenvalue weighted by Gasteiger charge is -2.32. The van der Waals surface area contributed by atoms with Crippen LogP contribution < -0.4 is 10.6 Å². The fourth-order valence-electron chi connectivity index (χ4n) is 3.11. The second-order valence-electron chi connectivity index (χ2n) is 6.33. The highest BCUT2D eigenvalue weighted by molar-refractivity contribution is 5.81. The van der Waals surface area contributed by atoms with Crippen LogP contribution in [0.2, 0.25) is 0 Å². The van der Waals surface area contributed by atoms with Crippen LogP contribution in [0, 0.1) is 0 Å². The molecule has 3 unspecified atom stereocenters. The summed E-state index contributed by atoms with van der Waals surface area (Å²) in [4.78, 5) is 12.1. The van der Waals surface area contributed by atoms with Gasteiger partial charge < -0.3 is 5.32 Å². The van der Waals surface area contributed by atoms with Gasteiger partial charge in [-0.1, -0.05) is 31.2 Å². The first-order valence-electron chi connectivity index (χ1n) is 7.80. The molecule has 1 fully saturated rings. The minimum atomic E-state index is -0.123. The van der Waals surface area contributed by atoms with Gasteiger partial charge in [0.1, 0.15) is 0 Å². The van der Waals surface area contributed by atoms with E-state index in [1.807, 2.05) is 6.92 Å². The van der Waals surface area contributed by atoms with Crippen LogP contribution >= 0.6 is 0 Å². The van der Waals surface area contributed by atoms with E-state index >= 15 is 0 Å². The molecule has 108 valence electrons. The third-order valence-electron chi connectivity index (χ3n) is 4.56. The van der Waals surface area contributed by atoms with Gasteiger partial charge in [0.05, 0.1) is 6.04 Å². The van der Waals surface area contributed by atoms with Crippen LogP contribution in [0.5, 0.6) is 0 Å². The van der Waals surface area contributed by atoms with Crippen molar-refractivity contribution in [2.75, 3.05) is 0 Å². The van der Waals surface area contributed by atoms with Crippen molar-refractivity contribution >= 4 is 5.91 Å². The van der Waals surface area contributed by atoms with Gasteiger partial charge in [-0.25, -0.2) is 0 Å². The number of amides is 1. The highest BCUT2D eigenvalue weighted by Gasteiger charge is 2.29. The second-order valence-corrected chi connectivity index (χ2v) is 6.33. The molecule has 0 bridgehead atoms. The van der Waals surface area contributed by atoms with Gasteiger partial charge >= 0.3 is 0 Å². The predicted molar refractivity (Wildman–Crippen MR) is 80.6 cm³/mol. The lowest BCUT2D eigenvalue weighted by molar-refractivity contribution is -0.123. The molecule has 2 aliphatic rings. The van der Waals surface area contributed by atoms with E-state index in [4.69, 9.17) is 0 Å². The molecule has 3 rings (SSSR count). The minimum Gasteiger partial charge on any atom is -0.352 e. The number of fused-ring (bicyclic) bond motifs is 1.